The van der Waals surface area contributed by atoms with Gasteiger partial charge in [-0.3, -0.25) is 9.35 Å². The van der Waals surface area contributed by atoms with Gasteiger partial charge in [0.15, 0.2) is 0 Å². The number of hydrogen-bond acceptors (Lipinski definition) is 3. The van der Waals surface area contributed by atoms with Gasteiger partial charge in [-0.2, -0.15) is 8.42 Å². The second-order valence-corrected chi connectivity index (χ2v) is 9.73. The minimum Gasteiger partial charge on any atom is -0.346 e. The zero-order chi connectivity index (χ0) is 21.1. The van der Waals surface area contributed by atoms with E-state index in [0.29, 0.717) is 13.0 Å². The van der Waals surface area contributed by atoms with Crippen molar-refractivity contribution in [3.63, 3.8) is 0 Å². The van der Waals surface area contributed by atoms with Gasteiger partial charge in [0.25, 0.3) is 10.1 Å². The van der Waals surface area contributed by atoms with Crippen molar-refractivity contribution in [2.24, 2.45) is 0 Å². The fourth-order valence-corrected chi connectivity index (χ4v) is 3.94. The molecule has 6 heteroatoms. The van der Waals surface area contributed by atoms with Crippen molar-refractivity contribution in [2.75, 3.05) is 19.3 Å². The summed E-state index contributed by atoms with van der Waals surface area (Å²) in [4.78, 5) is 13.5. The molecule has 0 aliphatic rings. The molecular weight excluding hydrogens is 374 g/mol. The normalized spacial score (nSPS) is 11.7. The fourth-order valence-electron chi connectivity index (χ4n) is 3.45. The van der Waals surface area contributed by atoms with E-state index in [2.05, 4.69) is 6.92 Å². The minimum absolute atomic E-state index is 0.0602. The van der Waals surface area contributed by atoms with Crippen LogP contribution in [0.5, 0.6) is 0 Å². The van der Waals surface area contributed by atoms with Gasteiger partial charge in [0.05, 0.1) is 5.75 Å². The third kappa shape index (κ3) is 20.1. The summed E-state index contributed by atoms with van der Waals surface area (Å²) in [5.41, 5.74) is 0. The third-order valence-corrected chi connectivity index (χ3v) is 6.12. The molecule has 0 aromatic rings. The van der Waals surface area contributed by atoms with Crippen LogP contribution in [0.4, 0.5) is 0 Å². The fraction of sp³-hybridized carbons (Fsp3) is 0.955. The largest absolute Gasteiger partial charge is 0.346 e. The maximum atomic E-state index is 11.9. The molecular formula is C22H45NO4S. The van der Waals surface area contributed by atoms with Gasteiger partial charge in [0, 0.05) is 20.0 Å². The molecule has 0 aliphatic carbocycles. The van der Waals surface area contributed by atoms with E-state index in [9.17, 15) is 13.2 Å². The van der Waals surface area contributed by atoms with E-state index in [-0.39, 0.29) is 18.1 Å². The molecule has 1 N–H and O–H groups in total. The Hall–Kier alpha value is -0.620. The predicted molar refractivity (Wildman–Crippen MR) is 118 cm³/mol. The number of hydrogen-bond donors (Lipinski definition) is 1. The van der Waals surface area contributed by atoms with E-state index in [4.69, 9.17) is 4.55 Å². The van der Waals surface area contributed by atoms with Crippen LogP contribution in [-0.2, 0) is 14.9 Å². The molecule has 0 aliphatic heterocycles. The van der Waals surface area contributed by atoms with Crippen LogP contribution in [0, 0.1) is 0 Å². The number of unbranched alkanes of at least 4 members (excludes halogenated alkanes) is 14. The lowest BCUT2D eigenvalue weighted by atomic mass is 10.0. The molecule has 28 heavy (non-hydrogen) atoms. The van der Waals surface area contributed by atoms with E-state index >= 15 is 0 Å². The Morgan fingerprint density at radius 1 is 0.714 bits per heavy atom. The molecule has 0 spiro atoms. The summed E-state index contributed by atoms with van der Waals surface area (Å²) in [6.45, 7) is 2.63. The van der Waals surface area contributed by atoms with Crippen LogP contribution < -0.4 is 0 Å². The molecule has 5 nitrogen and oxygen atoms in total. The van der Waals surface area contributed by atoms with Crippen LogP contribution in [-0.4, -0.2) is 43.1 Å². The highest BCUT2D eigenvalue weighted by atomic mass is 32.2. The summed E-state index contributed by atoms with van der Waals surface area (Å²) < 4.78 is 30.0. The van der Waals surface area contributed by atoms with E-state index in [1.807, 2.05) is 0 Å². The lowest BCUT2D eigenvalue weighted by Crippen LogP contribution is -2.28. The van der Waals surface area contributed by atoms with Gasteiger partial charge in [0.1, 0.15) is 0 Å². The molecule has 0 unspecified atom stereocenters. The Morgan fingerprint density at radius 2 is 1.11 bits per heavy atom. The molecule has 0 fully saturated rings. The Morgan fingerprint density at radius 3 is 1.50 bits per heavy atom. The molecule has 0 aromatic heterocycles. The van der Waals surface area contributed by atoms with Gasteiger partial charge < -0.3 is 4.90 Å². The summed E-state index contributed by atoms with van der Waals surface area (Å²) in [5.74, 6) is -0.228. The summed E-state index contributed by atoms with van der Waals surface area (Å²) in [7, 11) is -2.24. The average molecular weight is 420 g/mol. The van der Waals surface area contributed by atoms with E-state index < -0.39 is 10.1 Å². The molecule has 0 atom stereocenters. The summed E-state index contributed by atoms with van der Waals surface area (Å²) in [6, 6.07) is 0. The topological polar surface area (TPSA) is 74.7 Å². The van der Waals surface area contributed by atoms with Crippen molar-refractivity contribution in [2.45, 2.75) is 116 Å². The molecule has 0 aromatic carbocycles. The molecule has 1 amide bonds. The van der Waals surface area contributed by atoms with Crippen molar-refractivity contribution in [3.8, 4) is 0 Å². The number of carbonyl (C=O) groups excluding carboxylic acids is 1. The molecule has 0 rings (SSSR count). The first-order chi connectivity index (χ1) is 13.4. The highest BCUT2D eigenvalue weighted by molar-refractivity contribution is 7.85. The maximum absolute atomic E-state index is 11.9. The summed E-state index contributed by atoms with van der Waals surface area (Å²) in [5, 5.41) is 0. The molecule has 0 saturated heterocycles. The first-order valence-electron chi connectivity index (χ1n) is 11.6. The van der Waals surface area contributed by atoms with E-state index in [0.717, 1.165) is 12.8 Å². The Kier molecular flexibility index (Phi) is 18.0. The summed E-state index contributed by atoms with van der Waals surface area (Å²) >= 11 is 0. The quantitative estimate of drug-likeness (QED) is 0.194. The molecule has 0 bridgehead atoms. The highest BCUT2D eigenvalue weighted by Gasteiger charge is 2.10. The predicted octanol–water partition coefficient (Wildman–Crippen LogP) is 5.98. The van der Waals surface area contributed by atoms with E-state index in [1.54, 1.807) is 11.9 Å². The SMILES string of the molecule is CCCCCCCCCCCCCCCCCC(=O)N(C)CCCS(=O)(=O)O. The smallest absolute Gasteiger partial charge is 0.264 e. The number of amides is 1. The van der Waals surface area contributed by atoms with Crippen LogP contribution in [0.1, 0.15) is 116 Å². The Balaban J connectivity index is 3.33. The van der Waals surface area contributed by atoms with Crippen LogP contribution in [0.3, 0.4) is 0 Å². The second-order valence-electron chi connectivity index (χ2n) is 8.15. The molecule has 0 heterocycles. The number of nitrogens with zero attached hydrogens (tertiary/aromatic N) is 1. The van der Waals surface area contributed by atoms with Gasteiger partial charge in [-0.25, -0.2) is 0 Å². The van der Waals surface area contributed by atoms with Crippen molar-refractivity contribution in [1.29, 1.82) is 0 Å². The minimum atomic E-state index is -3.93. The Labute approximate surface area is 174 Å². The van der Waals surface area contributed by atoms with Crippen LogP contribution in [0.25, 0.3) is 0 Å². The zero-order valence-electron chi connectivity index (χ0n) is 18.5. The lowest BCUT2D eigenvalue weighted by molar-refractivity contribution is -0.130. The zero-order valence-corrected chi connectivity index (χ0v) is 19.3. The number of rotatable bonds is 20. The molecule has 0 saturated carbocycles. The second kappa shape index (κ2) is 18.4. The highest BCUT2D eigenvalue weighted by Crippen LogP contribution is 2.14. The average Bonchev–Trinajstić information content (AvgIpc) is 2.63. The van der Waals surface area contributed by atoms with Crippen LogP contribution in [0.15, 0.2) is 0 Å². The molecule has 0 radical (unpaired) electrons. The van der Waals surface area contributed by atoms with Gasteiger partial charge >= 0.3 is 0 Å². The van der Waals surface area contributed by atoms with Gasteiger partial charge in [-0.1, -0.05) is 96.8 Å². The summed E-state index contributed by atoms with van der Waals surface area (Å²) in [6.07, 6.45) is 20.4. The monoisotopic (exact) mass is 419 g/mol. The van der Waals surface area contributed by atoms with E-state index in [1.165, 1.54) is 83.5 Å². The standard InChI is InChI=1S/C22H45NO4S/c1-3-4-5-6-7-8-9-10-11-12-13-14-15-16-17-19-22(24)23(2)20-18-21-28(25,26)27/h3-21H2,1-2H3,(H,25,26,27). The van der Waals surface area contributed by atoms with Gasteiger partial charge in [-0.15, -0.1) is 0 Å². The van der Waals surface area contributed by atoms with Gasteiger partial charge in [0.2, 0.25) is 5.91 Å². The van der Waals surface area contributed by atoms with Crippen LogP contribution >= 0.6 is 0 Å². The van der Waals surface area contributed by atoms with Crippen molar-refractivity contribution in [3.05, 3.63) is 0 Å². The van der Waals surface area contributed by atoms with Crippen molar-refractivity contribution < 1.29 is 17.8 Å². The Bertz CT molecular complexity index is 465. The third-order valence-electron chi connectivity index (χ3n) is 5.32. The van der Waals surface area contributed by atoms with Crippen LogP contribution in [0.2, 0.25) is 0 Å². The maximum Gasteiger partial charge on any atom is 0.264 e. The first-order valence-corrected chi connectivity index (χ1v) is 13.2. The van der Waals surface area contributed by atoms with Crippen molar-refractivity contribution in [1.82, 2.24) is 4.90 Å². The molecule has 168 valence electrons. The van der Waals surface area contributed by atoms with Gasteiger partial charge in [-0.05, 0) is 12.8 Å². The first kappa shape index (κ1) is 27.4. The number of carbonyl (C=O) groups is 1. The lowest BCUT2D eigenvalue weighted by Gasteiger charge is -2.16. The van der Waals surface area contributed by atoms with Crippen molar-refractivity contribution >= 4 is 16.0 Å².